The average molecular weight is 260 g/mol. The molecule has 1 aromatic rings. The van der Waals surface area contributed by atoms with Gasteiger partial charge in [-0.05, 0) is 63.1 Å². The molecule has 0 bridgehead atoms. The summed E-state index contributed by atoms with van der Waals surface area (Å²) in [5.41, 5.74) is 2.36. The van der Waals surface area contributed by atoms with Gasteiger partial charge in [0.25, 0.3) is 0 Å². The minimum atomic E-state index is -0.432. The Hall–Kier alpha value is -1.51. The number of benzene rings is 1. The van der Waals surface area contributed by atoms with Gasteiger partial charge in [0.2, 0.25) is 0 Å². The maximum atomic E-state index is 11.6. The number of fused-ring (bicyclic) bond motifs is 1. The molecule has 1 amide bonds. The predicted octanol–water partition coefficient (Wildman–Crippen LogP) is 3.12. The van der Waals surface area contributed by atoms with Crippen LogP contribution in [0.25, 0.3) is 0 Å². The van der Waals surface area contributed by atoms with Crippen LogP contribution in [-0.2, 0) is 17.6 Å². The van der Waals surface area contributed by atoms with Crippen LogP contribution < -0.4 is 5.32 Å². The van der Waals surface area contributed by atoms with E-state index in [1.807, 2.05) is 26.8 Å². The van der Waals surface area contributed by atoms with Crippen LogP contribution in [0.5, 0.6) is 0 Å². The second-order valence-electron chi connectivity index (χ2n) is 6.19. The zero-order valence-corrected chi connectivity index (χ0v) is 12.0. The Morgan fingerprint density at radius 2 is 2.26 bits per heavy atom. The Labute approximate surface area is 115 Å². The lowest BCUT2D eigenvalue weighted by atomic mass is 9.84. The minimum Gasteiger partial charge on any atom is -0.444 e. The van der Waals surface area contributed by atoms with Crippen molar-refractivity contribution in [2.75, 3.05) is 6.54 Å². The molecule has 0 fully saturated rings. The van der Waals surface area contributed by atoms with E-state index in [-0.39, 0.29) is 6.09 Å². The highest BCUT2D eigenvalue weighted by atomic mass is 16.6. The van der Waals surface area contributed by atoms with E-state index in [9.17, 15) is 4.79 Å². The number of hydrogen-bond donors (Lipinski definition) is 1. The lowest BCUT2D eigenvalue weighted by Crippen LogP contribution is -2.36. The molecule has 1 aliphatic carbocycles. The van der Waals surface area contributed by atoms with E-state index in [2.05, 4.69) is 23.5 Å². The summed E-state index contributed by atoms with van der Waals surface area (Å²) in [6.45, 7) is 6.31. The van der Waals surface area contributed by atoms with Gasteiger partial charge in [-0.1, -0.05) is 18.2 Å². The zero-order chi connectivity index (χ0) is 13.9. The van der Waals surface area contributed by atoms with Gasteiger partial charge in [-0.15, -0.1) is 0 Å². The quantitative estimate of drug-likeness (QED) is 0.887. The molecule has 19 heavy (non-hydrogen) atoms. The van der Waals surface area contributed by atoms with Crippen molar-refractivity contribution in [1.29, 1.82) is 0 Å². The van der Waals surface area contributed by atoms with Gasteiger partial charge in [0, 0.05) is 6.54 Å². The SMILES string of the molecule is CC(C)(C)OC(=O)NCC1CCc2cc[c]cc2C1. The van der Waals surface area contributed by atoms with Crippen molar-refractivity contribution in [2.45, 2.75) is 45.6 Å². The van der Waals surface area contributed by atoms with Crippen molar-refractivity contribution in [3.63, 3.8) is 0 Å². The molecule has 3 heteroatoms. The zero-order valence-electron chi connectivity index (χ0n) is 12.0. The van der Waals surface area contributed by atoms with E-state index in [0.717, 1.165) is 19.3 Å². The van der Waals surface area contributed by atoms with Crippen molar-refractivity contribution in [3.8, 4) is 0 Å². The molecular formula is C16H22NO2. The number of aryl methyl sites for hydroxylation is 1. The first-order valence-electron chi connectivity index (χ1n) is 6.89. The first-order chi connectivity index (χ1) is 8.94. The Kier molecular flexibility index (Phi) is 4.13. The van der Waals surface area contributed by atoms with E-state index in [1.165, 1.54) is 11.1 Å². The van der Waals surface area contributed by atoms with Crippen LogP contribution in [0.15, 0.2) is 18.2 Å². The Morgan fingerprint density at radius 3 is 3.00 bits per heavy atom. The molecule has 2 rings (SSSR count). The van der Waals surface area contributed by atoms with E-state index in [4.69, 9.17) is 4.74 Å². The molecule has 3 nitrogen and oxygen atoms in total. The molecule has 1 aromatic carbocycles. The number of ether oxygens (including phenoxy) is 1. The maximum Gasteiger partial charge on any atom is 0.407 e. The fourth-order valence-corrected chi connectivity index (χ4v) is 2.42. The van der Waals surface area contributed by atoms with Gasteiger partial charge >= 0.3 is 6.09 Å². The van der Waals surface area contributed by atoms with E-state index < -0.39 is 5.60 Å². The van der Waals surface area contributed by atoms with Gasteiger partial charge in [-0.25, -0.2) is 4.79 Å². The summed E-state index contributed by atoms with van der Waals surface area (Å²) in [5.74, 6) is 0.496. The summed E-state index contributed by atoms with van der Waals surface area (Å²) < 4.78 is 5.24. The van der Waals surface area contributed by atoms with Crippen LogP contribution in [0, 0.1) is 12.0 Å². The van der Waals surface area contributed by atoms with Crippen LogP contribution in [-0.4, -0.2) is 18.2 Å². The van der Waals surface area contributed by atoms with Crippen LogP contribution in [0.1, 0.15) is 38.3 Å². The van der Waals surface area contributed by atoms with E-state index >= 15 is 0 Å². The van der Waals surface area contributed by atoms with Crippen LogP contribution in [0.2, 0.25) is 0 Å². The largest absolute Gasteiger partial charge is 0.444 e. The van der Waals surface area contributed by atoms with Crippen LogP contribution >= 0.6 is 0 Å². The first kappa shape index (κ1) is 13.9. The highest BCUT2D eigenvalue weighted by Gasteiger charge is 2.20. The summed E-state index contributed by atoms with van der Waals surface area (Å²) in [6.07, 6.45) is 2.90. The number of alkyl carbamates (subject to hydrolysis) is 1. The fraction of sp³-hybridized carbons (Fsp3) is 0.562. The second kappa shape index (κ2) is 5.64. The van der Waals surface area contributed by atoms with Crippen molar-refractivity contribution < 1.29 is 9.53 Å². The summed E-state index contributed by atoms with van der Waals surface area (Å²) >= 11 is 0. The van der Waals surface area contributed by atoms with Gasteiger partial charge in [-0.2, -0.15) is 0 Å². The summed E-state index contributed by atoms with van der Waals surface area (Å²) in [7, 11) is 0. The summed E-state index contributed by atoms with van der Waals surface area (Å²) in [4.78, 5) is 11.6. The Morgan fingerprint density at radius 1 is 1.47 bits per heavy atom. The number of nitrogens with one attached hydrogen (secondary N) is 1. The number of carbonyl (C=O) groups excluding carboxylic acids is 1. The number of carbonyl (C=O) groups is 1. The van der Waals surface area contributed by atoms with Crippen LogP contribution in [0.4, 0.5) is 4.79 Å². The molecule has 0 spiro atoms. The molecule has 1 aliphatic rings. The lowest BCUT2D eigenvalue weighted by Gasteiger charge is -2.25. The standard InChI is InChI=1S/C16H22NO2/c1-16(2,3)19-15(18)17-11-12-8-9-13-6-4-5-7-14(13)10-12/h4,6-7,12H,8-11H2,1-3H3,(H,17,18). The smallest absolute Gasteiger partial charge is 0.407 e. The fourth-order valence-electron chi connectivity index (χ4n) is 2.42. The molecule has 103 valence electrons. The van der Waals surface area contributed by atoms with Gasteiger partial charge in [0.1, 0.15) is 5.60 Å². The predicted molar refractivity (Wildman–Crippen MR) is 75.0 cm³/mol. The van der Waals surface area contributed by atoms with Gasteiger partial charge in [-0.3, -0.25) is 0 Å². The van der Waals surface area contributed by atoms with Gasteiger partial charge < -0.3 is 10.1 Å². The van der Waals surface area contributed by atoms with Crippen molar-refractivity contribution >= 4 is 6.09 Å². The molecule has 1 N–H and O–H groups in total. The molecule has 1 unspecified atom stereocenters. The number of hydrogen-bond acceptors (Lipinski definition) is 2. The van der Waals surface area contributed by atoms with Crippen LogP contribution in [0.3, 0.4) is 0 Å². The van der Waals surface area contributed by atoms with Crippen molar-refractivity contribution in [3.05, 3.63) is 35.4 Å². The van der Waals surface area contributed by atoms with E-state index in [1.54, 1.807) is 0 Å². The van der Waals surface area contributed by atoms with E-state index in [0.29, 0.717) is 12.5 Å². The maximum absolute atomic E-state index is 11.6. The molecule has 1 radical (unpaired) electrons. The normalized spacial score (nSPS) is 18.6. The number of rotatable bonds is 2. The molecule has 0 aromatic heterocycles. The van der Waals surface area contributed by atoms with Crippen molar-refractivity contribution in [2.24, 2.45) is 5.92 Å². The lowest BCUT2D eigenvalue weighted by molar-refractivity contribution is 0.0518. The molecule has 0 aliphatic heterocycles. The Bertz CT molecular complexity index is 448. The monoisotopic (exact) mass is 260 g/mol. The molecule has 1 atom stereocenters. The van der Waals surface area contributed by atoms with Crippen molar-refractivity contribution in [1.82, 2.24) is 5.32 Å². The molecule has 0 saturated carbocycles. The highest BCUT2D eigenvalue weighted by molar-refractivity contribution is 5.67. The first-order valence-corrected chi connectivity index (χ1v) is 6.89. The topological polar surface area (TPSA) is 38.3 Å². The third kappa shape index (κ3) is 4.27. The average Bonchev–Trinajstić information content (AvgIpc) is 2.34. The summed E-state index contributed by atoms with van der Waals surface area (Å²) in [6, 6.07) is 9.31. The summed E-state index contributed by atoms with van der Waals surface area (Å²) in [5, 5.41) is 2.87. The third-order valence-corrected chi connectivity index (χ3v) is 3.32. The number of amides is 1. The molecular weight excluding hydrogens is 238 g/mol. The van der Waals surface area contributed by atoms with Gasteiger partial charge in [0.05, 0.1) is 0 Å². The minimum absolute atomic E-state index is 0.321. The Balaban J connectivity index is 1.81. The third-order valence-electron chi connectivity index (χ3n) is 3.32. The highest BCUT2D eigenvalue weighted by Crippen LogP contribution is 2.24. The molecule has 0 saturated heterocycles. The molecule has 0 heterocycles. The van der Waals surface area contributed by atoms with Gasteiger partial charge in [0.15, 0.2) is 0 Å². The second-order valence-corrected chi connectivity index (χ2v) is 6.19.